The van der Waals surface area contributed by atoms with Gasteiger partial charge in [0.25, 0.3) is 0 Å². The molecule has 20 heavy (non-hydrogen) atoms. The summed E-state index contributed by atoms with van der Waals surface area (Å²) in [7, 11) is 0. The summed E-state index contributed by atoms with van der Waals surface area (Å²) in [5.41, 5.74) is 0.852. The van der Waals surface area contributed by atoms with Crippen LogP contribution in [0.5, 0.6) is 11.9 Å². The highest BCUT2D eigenvalue weighted by Gasteiger charge is 2.18. The van der Waals surface area contributed by atoms with E-state index in [0.717, 1.165) is 31.2 Å². The first-order valence-electron chi connectivity index (χ1n) is 7.43. The van der Waals surface area contributed by atoms with E-state index < -0.39 is 0 Å². The van der Waals surface area contributed by atoms with Crippen molar-refractivity contribution < 1.29 is 9.47 Å². The van der Waals surface area contributed by atoms with E-state index in [0.29, 0.717) is 30.3 Å². The summed E-state index contributed by atoms with van der Waals surface area (Å²) in [6.45, 7) is 9.57. The van der Waals surface area contributed by atoms with E-state index in [1.165, 1.54) is 0 Å². The van der Waals surface area contributed by atoms with Crippen molar-refractivity contribution in [2.24, 2.45) is 0 Å². The lowest BCUT2D eigenvalue weighted by molar-refractivity contribution is 0.261. The number of hydrogen-bond donors (Lipinski definition) is 0. The molecule has 0 aliphatic carbocycles. The molecule has 0 saturated heterocycles. The summed E-state index contributed by atoms with van der Waals surface area (Å²) in [4.78, 5) is 8.57. The van der Waals surface area contributed by atoms with Gasteiger partial charge in [-0.2, -0.15) is 9.97 Å². The van der Waals surface area contributed by atoms with Crippen molar-refractivity contribution in [1.82, 2.24) is 9.97 Å². The number of hydrogen-bond acceptors (Lipinski definition) is 4. The predicted octanol–water partition coefficient (Wildman–Crippen LogP) is 4.61. The highest BCUT2D eigenvalue weighted by molar-refractivity contribution is 6.30. The molecule has 0 saturated carbocycles. The second kappa shape index (κ2) is 9.01. The Hall–Kier alpha value is -1.03. The molecule has 5 heteroatoms. The predicted molar refractivity (Wildman–Crippen MR) is 81.9 cm³/mol. The summed E-state index contributed by atoms with van der Waals surface area (Å²) in [6, 6.07) is 0.305. The summed E-state index contributed by atoms with van der Waals surface area (Å²) in [6.07, 6.45) is 4.11. The lowest BCUT2D eigenvalue weighted by Crippen LogP contribution is -2.08. The summed E-state index contributed by atoms with van der Waals surface area (Å²) in [5.74, 6) is 0.767. The first kappa shape index (κ1) is 17.0. The molecule has 0 aromatic carbocycles. The standard InChI is InChI=1S/C15H25ClN2O2/c1-5-7-9-19-14-12(11(3)4)13(16)17-15(18-14)20-10-8-6-2/h11H,5-10H2,1-4H3. The zero-order chi connectivity index (χ0) is 15.0. The van der Waals surface area contributed by atoms with Gasteiger partial charge >= 0.3 is 6.01 Å². The molecule has 0 fully saturated rings. The molecule has 4 nitrogen and oxygen atoms in total. The van der Waals surface area contributed by atoms with Gasteiger partial charge in [0, 0.05) is 0 Å². The Bertz CT molecular complexity index is 411. The van der Waals surface area contributed by atoms with Crippen molar-refractivity contribution in [1.29, 1.82) is 0 Å². The molecule has 0 atom stereocenters. The maximum Gasteiger partial charge on any atom is 0.321 e. The van der Waals surface area contributed by atoms with Gasteiger partial charge < -0.3 is 9.47 Å². The van der Waals surface area contributed by atoms with E-state index in [9.17, 15) is 0 Å². The van der Waals surface area contributed by atoms with Crippen molar-refractivity contribution in [3.63, 3.8) is 0 Å². The summed E-state index contributed by atoms with van der Waals surface area (Å²) in [5, 5.41) is 0.424. The zero-order valence-corrected chi connectivity index (χ0v) is 13.7. The Balaban J connectivity index is 2.89. The van der Waals surface area contributed by atoms with Gasteiger partial charge in [-0.1, -0.05) is 52.1 Å². The number of unbranched alkanes of at least 4 members (excludes halogenated alkanes) is 2. The number of halogens is 1. The van der Waals surface area contributed by atoms with Gasteiger partial charge in [-0.05, 0) is 18.8 Å². The Morgan fingerprint density at radius 3 is 2.15 bits per heavy atom. The third-order valence-electron chi connectivity index (χ3n) is 2.89. The van der Waals surface area contributed by atoms with E-state index in [4.69, 9.17) is 21.1 Å². The van der Waals surface area contributed by atoms with Crippen LogP contribution in [0.3, 0.4) is 0 Å². The van der Waals surface area contributed by atoms with E-state index in [-0.39, 0.29) is 5.92 Å². The summed E-state index contributed by atoms with van der Waals surface area (Å²) >= 11 is 6.24. The average Bonchev–Trinajstić information content (AvgIpc) is 2.38. The first-order valence-corrected chi connectivity index (χ1v) is 7.80. The molecule has 1 aromatic rings. The van der Waals surface area contributed by atoms with Crippen molar-refractivity contribution in [2.45, 2.75) is 59.3 Å². The van der Waals surface area contributed by atoms with Crippen molar-refractivity contribution >= 4 is 11.6 Å². The lowest BCUT2D eigenvalue weighted by atomic mass is 10.1. The van der Waals surface area contributed by atoms with Gasteiger partial charge in [0.2, 0.25) is 5.88 Å². The zero-order valence-electron chi connectivity index (χ0n) is 12.9. The molecule has 1 aromatic heterocycles. The monoisotopic (exact) mass is 300 g/mol. The van der Waals surface area contributed by atoms with Gasteiger partial charge in [0.05, 0.1) is 18.8 Å². The number of rotatable bonds is 9. The fraction of sp³-hybridized carbons (Fsp3) is 0.733. The molecule has 0 N–H and O–H groups in total. The molecule has 0 spiro atoms. The van der Waals surface area contributed by atoms with Crippen LogP contribution < -0.4 is 9.47 Å². The molecule has 0 radical (unpaired) electrons. The average molecular weight is 301 g/mol. The SMILES string of the molecule is CCCCOc1nc(Cl)c(C(C)C)c(OCCCC)n1. The van der Waals surface area contributed by atoms with Crippen LogP contribution in [0.15, 0.2) is 0 Å². The second-order valence-corrected chi connectivity index (χ2v) is 5.43. The van der Waals surface area contributed by atoms with Crippen molar-refractivity contribution in [2.75, 3.05) is 13.2 Å². The van der Waals surface area contributed by atoms with E-state index >= 15 is 0 Å². The van der Waals surface area contributed by atoms with Crippen LogP contribution in [0.4, 0.5) is 0 Å². The van der Waals surface area contributed by atoms with Crippen LogP contribution in [0.1, 0.15) is 64.9 Å². The van der Waals surface area contributed by atoms with Crippen LogP contribution in [0, 0.1) is 0 Å². The highest BCUT2D eigenvalue weighted by atomic mass is 35.5. The molecule has 114 valence electrons. The minimum absolute atomic E-state index is 0.212. The molecule has 0 aliphatic heterocycles. The van der Waals surface area contributed by atoms with Crippen LogP contribution in [-0.4, -0.2) is 23.2 Å². The van der Waals surface area contributed by atoms with Crippen molar-refractivity contribution in [3.05, 3.63) is 10.7 Å². The third kappa shape index (κ3) is 5.16. The molecule has 1 rings (SSSR count). The molecule has 1 heterocycles. The quantitative estimate of drug-likeness (QED) is 0.493. The smallest absolute Gasteiger partial charge is 0.321 e. The van der Waals surface area contributed by atoms with Gasteiger partial charge in [-0.15, -0.1) is 0 Å². The van der Waals surface area contributed by atoms with Crippen LogP contribution >= 0.6 is 11.6 Å². The number of nitrogens with zero attached hydrogens (tertiary/aromatic N) is 2. The fourth-order valence-electron chi connectivity index (χ4n) is 1.69. The van der Waals surface area contributed by atoms with Crippen LogP contribution in [-0.2, 0) is 0 Å². The fourth-order valence-corrected chi connectivity index (χ4v) is 2.06. The van der Waals surface area contributed by atoms with Gasteiger partial charge in [0.15, 0.2) is 0 Å². The maximum atomic E-state index is 6.24. The van der Waals surface area contributed by atoms with E-state index in [1.807, 2.05) is 0 Å². The van der Waals surface area contributed by atoms with Gasteiger partial charge in [-0.25, -0.2) is 0 Å². The molecule has 0 unspecified atom stereocenters. The Kier molecular flexibility index (Phi) is 7.67. The van der Waals surface area contributed by atoms with Crippen molar-refractivity contribution in [3.8, 4) is 11.9 Å². The highest BCUT2D eigenvalue weighted by Crippen LogP contribution is 2.32. The largest absolute Gasteiger partial charge is 0.477 e. The Morgan fingerprint density at radius 2 is 1.60 bits per heavy atom. The topological polar surface area (TPSA) is 44.2 Å². The minimum atomic E-state index is 0.212. The minimum Gasteiger partial charge on any atom is -0.477 e. The molecular formula is C15H25ClN2O2. The second-order valence-electron chi connectivity index (χ2n) is 5.07. The van der Waals surface area contributed by atoms with Gasteiger partial charge in [-0.3, -0.25) is 0 Å². The normalized spacial score (nSPS) is 10.9. The molecule has 0 amide bonds. The number of ether oxygens (including phenoxy) is 2. The molecule has 0 aliphatic rings. The maximum absolute atomic E-state index is 6.24. The Labute approximate surface area is 126 Å². The first-order chi connectivity index (χ1) is 9.60. The third-order valence-corrected chi connectivity index (χ3v) is 3.17. The van der Waals surface area contributed by atoms with E-state index in [2.05, 4.69) is 37.7 Å². The van der Waals surface area contributed by atoms with E-state index in [1.54, 1.807) is 0 Å². The van der Waals surface area contributed by atoms with Gasteiger partial charge in [0.1, 0.15) is 5.15 Å². The lowest BCUT2D eigenvalue weighted by Gasteiger charge is -2.15. The summed E-state index contributed by atoms with van der Waals surface area (Å²) < 4.78 is 11.3. The van der Waals surface area contributed by atoms with Crippen LogP contribution in [0.25, 0.3) is 0 Å². The number of aromatic nitrogens is 2. The molecule has 0 bridgehead atoms. The Morgan fingerprint density at radius 1 is 1.00 bits per heavy atom. The van der Waals surface area contributed by atoms with Crippen LogP contribution in [0.2, 0.25) is 5.15 Å². The molecular weight excluding hydrogens is 276 g/mol.